The summed E-state index contributed by atoms with van der Waals surface area (Å²) in [6, 6.07) is 25.5. The maximum Gasteiger partial charge on any atom is 0.227 e. The summed E-state index contributed by atoms with van der Waals surface area (Å²) in [4.78, 5) is 14.9. The van der Waals surface area contributed by atoms with Crippen molar-refractivity contribution >= 4 is 22.5 Å². The monoisotopic (exact) mass is 394 g/mol. The van der Waals surface area contributed by atoms with Crippen molar-refractivity contribution in [3.63, 3.8) is 0 Å². The lowest BCUT2D eigenvalue weighted by molar-refractivity contribution is -0.118. The Hall–Kier alpha value is -3.33. The molecule has 2 heterocycles. The number of carbonyl (C=O) groups excluding carboxylic acids is 1. The number of aryl methyl sites for hydroxylation is 2. The number of anilines is 1. The Kier molecular flexibility index (Phi) is 4.88. The molecule has 1 amide bonds. The van der Waals surface area contributed by atoms with Gasteiger partial charge in [0.05, 0.1) is 0 Å². The van der Waals surface area contributed by atoms with Gasteiger partial charge < -0.3 is 9.47 Å². The number of fused-ring (bicyclic) bond motifs is 2. The number of aromatic nitrogens is 1. The fourth-order valence-electron chi connectivity index (χ4n) is 4.52. The van der Waals surface area contributed by atoms with Gasteiger partial charge in [-0.3, -0.25) is 4.79 Å². The van der Waals surface area contributed by atoms with Crippen LogP contribution in [0.4, 0.5) is 5.69 Å². The minimum Gasteiger partial charge on any atom is -0.343 e. The second kappa shape index (κ2) is 7.83. The van der Waals surface area contributed by atoms with Crippen molar-refractivity contribution in [1.29, 1.82) is 0 Å². The molecule has 1 aliphatic rings. The van der Waals surface area contributed by atoms with Crippen molar-refractivity contribution in [2.24, 2.45) is 0 Å². The van der Waals surface area contributed by atoms with E-state index in [1.165, 1.54) is 33.2 Å². The lowest BCUT2D eigenvalue weighted by Crippen LogP contribution is -2.28. The lowest BCUT2D eigenvalue weighted by atomic mass is 10.1. The topological polar surface area (TPSA) is 25.2 Å². The van der Waals surface area contributed by atoms with Crippen LogP contribution in [-0.2, 0) is 24.2 Å². The summed E-state index contributed by atoms with van der Waals surface area (Å²) in [7, 11) is 0. The maximum absolute atomic E-state index is 13.0. The van der Waals surface area contributed by atoms with Crippen molar-refractivity contribution in [1.82, 2.24) is 4.57 Å². The first-order chi connectivity index (χ1) is 14.7. The molecule has 0 spiro atoms. The maximum atomic E-state index is 13.0. The first kappa shape index (κ1) is 18.7. The molecule has 0 radical (unpaired) electrons. The van der Waals surface area contributed by atoms with Crippen molar-refractivity contribution in [2.45, 2.75) is 32.7 Å². The van der Waals surface area contributed by atoms with Crippen LogP contribution in [0.25, 0.3) is 10.9 Å². The Bertz CT molecular complexity index is 1200. The highest BCUT2D eigenvalue weighted by molar-refractivity contribution is 5.96. The summed E-state index contributed by atoms with van der Waals surface area (Å²) in [5.41, 5.74) is 7.41. The van der Waals surface area contributed by atoms with Gasteiger partial charge in [0.25, 0.3) is 0 Å². The number of carbonyl (C=O) groups is 1. The molecule has 4 aromatic rings. The zero-order valence-electron chi connectivity index (χ0n) is 17.3. The van der Waals surface area contributed by atoms with E-state index < -0.39 is 0 Å². The van der Waals surface area contributed by atoms with Gasteiger partial charge >= 0.3 is 0 Å². The molecule has 150 valence electrons. The number of nitrogens with zero attached hydrogens (tertiary/aromatic N) is 2. The lowest BCUT2D eigenvalue weighted by Gasteiger charge is -2.17. The van der Waals surface area contributed by atoms with E-state index in [4.69, 9.17) is 0 Å². The zero-order valence-corrected chi connectivity index (χ0v) is 17.3. The van der Waals surface area contributed by atoms with Crippen molar-refractivity contribution in [3.8, 4) is 0 Å². The summed E-state index contributed by atoms with van der Waals surface area (Å²) in [5, 5.41) is 1.25. The summed E-state index contributed by atoms with van der Waals surface area (Å²) < 4.78 is 2.31. The van der Waals surface area contributed by atoms with Gasteiger partial charge in [-0.25, -0.2) is 0 Å². The van der Waals surface area contributed by atoms with E-state index in [1.807, 2.05) is 11.0 Å². The van der Waals surface area contributed by atoms with Gasteiger partial charge in [0.15, 0.2) is 0 Å². The minimum atomic E-state index is 0.218. The molecule has 0 aliphatic carbocycles. The van der Waals surface area contributed by atoms with Gasteiger partial charge in [-0.2, -0.15) is 0 Å². The highest BCUT2D eigenvalue weighted by atomic mass is 16.2. The average Bonchev–Trinajstić information content (AvgIpc) is 3.36. The summed E-state index contributed by atoms with van der Waals surface area (Å²) in [6.07, 6.45) is 4.49. The van der Waals surface area contributed by atoms with Crippen LogP contribution in [0.3, 0.4) is 0 Å². The molecule has 1 aliphatic heterocycles. The molecular formula is C27H26N2O. The van der Waals surface area contributed by atoms with E-state index in [1.54, 1.807) is 0 Å². The summed E-state index contributed by atoms with van der Waals surface area (Å²) in [5.74, 6) is 0.218. The van der Waals surface area contributed by atoms with E-state index >= 15 is 0 Å². The third-order valence-electron chi connectivity index (χ3n) is 6.14. The second-order valence-corrected chi connectivity index (χ2v) is 8.21. The number of para-hydroxylation sites is 2. The summed E-state index contributed by atoms with van der Waals surface area (Å²) >= 11 is 0. The van der Waals surface area contributed by atoms with Crippen LogP contribution >= 0.6 is 0 Å². The number of rotatable bonds is 5. The molecule has 1 aromatic heterocycles. The standard InChI is InChI=1S/C27H26N2O/c1-20-10-12-21(13-11-20)18-28-19-23(24-7-3-5-9-26(24)28)14-15-27(30)29-17-16-22-6-2-4-8-25(22)29/h2-13,19H,14-18H2,1H3. The van der Waals surface area contributed by atoms with Crippen LogP contribution in [-0.4, -0.2) is 17.0 Å². The summed E-state index contributed by atoms with van der Waals surface area (Å²) in [6.45, 7) is 3.75. The molecule has 0 bridgehead atoms. The molecule has 3 nitrogen and oxygen atoms in total. The Morgan fingerprint density at radius 3 is 2.57 bits per heavy atom. The van der Waals surface area contributed by atoms with E-state index in [-0.39, 0.29) is 5.91 Å². The third kappa shape index (κ3) is 3.52. The van der Waals surface area contributed by atoms with Crippen molar-refractivity contribution < 1.29 is 4.79 Å². The van der Waals surface area contributed by atoms with E-state index in [0.29, 0.717) is 6.42 Å². The number of hydrogen-bond acceptors (Lipinski definition) is 1. The van der Waals surface area contributed by atoms with Gasteiger partial charge in [-0.05, 0) is 48.6 Å². The number of hydrogen-bond donors (Lipinski definition) is 0. The highest BCUT2D eigenvalue weighted by Gasteiger charge is 2.24. The van der Waals surface area contributed by atoms with Crippen LogP contribution in [0.1, 0.15) is 28.7 Å². The van der Waals surface area contributed by atoms with E-state index in [2.05, 4.69) is 84.4 Å². The number of benzene rings is 3. The smallest absolute Gasteiger partial charge is 0.227 e. The quantitative estimate of drug-likeness (QED) is 0.437. The minimum absolute atomic E-state index is 0.218. The van der Waals surface area contributed by atoms with E-state index in [9.17, 15) is 4.79 Å². The fraction of sp³-hybridized carbons (Fsp3) is 0.222. The first-order valence-corrected chi connectivity index (χ1v) is 10.7. The van der Waals surface area contributed by atoms with Gasteiger partial charge in [0, 0.05) is 42.3 Å². The van der Waals surface area contributed by atoms with Crippen molar-refractivity contribution in [2.75, 3.05) is 11.4 Å². The molecular weight excluding hydrogens is 368 g/mol. The van der Waals surface area contributed by atoms with Crippen LogP contribution in [0.2, 0.25) is 0 Å². The molecule has 3 heteroatoms. The SMILES string of the molecule is Cc1ccc(Cn2cc(CCC(=O)N3CCc4ccccc43)c3ccccc32)cc1. The third-order valence-corrected chi connectivity index (χ3v) is 6.14. The van der Waals surface area contributed by atoms with Gasteiger partial charge in [0.2, 0.25) is 5.91 Å². The largest absolute Gasteiger partial charge is 0.343 e. The van der Waals surface area contributed by atoms with Crippen LogP contribution in [0.15, 0.2) is 79.0 Å². The first-order valence-electron chi connectivity index (χ1n) is 10.7. The molecule has 0 unspecified atom stereocenters. The normalized spacial score (nSPS) is 13.0. The number of amides is 1. The second-order valence-electron chi connectivity index (χ2n) is 8.21. The molecule has 3 aromatic carbocycles. The van der Waals surface area contributed by atoms with Crippen LogP contribution < -0.4 is 4.90 Å². The zero-order chi connectivity index (χ0) is 20.5. The average molecular weight is 395 g/mol. The van der Waals surface area contributed by atoms with Crippen LogP contribution in [0, 0.1) is 6.92 Å². The van der Waals surface area contributed by atoms with Gasteiger partial charge in [-0.1, -0.05) is 66.2 Å². The Morgan fingerprint density at radius 1 is 0.933 bits per heavy atom. The highest BCUT2D eigenvalue weighted by Crippen LogP contribution is 2.29. The van der Waals surface area contributed by atoms with E-state index in [0.717, 1.165) is 31.6 Å². The fourth-order valence-corrected chi connectivity index (χ4v) is 4.52. The predicted molar refractivity (Wildman–Crippen MR) is 123 cm³/mol. The molecule has 0 saturated heterocycles. The Balaban J connectivity index is 1.36. The molecule has 30 heavy (non-hydrogen) atoms. The molecule has 0 saturated carbocycles. The molecule has 0 atom stereocenters. The Morgan fingerprint density at radius 2 is 1.70 bits per heavy atom. The predicted octanol–water partition coefficient (Wildman–Crippen LogP) is 5.52. The van der Waals surface area contributed by atoms with Crippen molar-refractivity contribution in [3.05, 3.63) is 101 Å². The van der Waals surface area contributed by atoms with Gasteiger partial charge in [-0.15, -0.1) is 0 Å². The molecule has 5 rings (SSSR count). The Labute approximate surface area is 177 Å². The van der Waals surface area contributed by atoms with Crippen LogP contribution in [0.5, 0.6) is 0 Å². The molecule has 0 N–H and O–H groups in total. The molecule has 0 fully saturated rings. The van der Waals surface area contributed by atoms with Gasteiger partial charge in [0.1, 0.15) is 0 Å².